The average Bonchev–Trinajstić information content (AvgIpc) is 3.15. The summed E-state index contributed by atoms with van der Waals surface area (Å²) in [5.74, 6) is 0.663. The highest BCUT2D eigenvalue weighted by atomic mass is 16.1. The van der Waals surface area contributed by atoms with Crippen LogP contribution in [0.3, 0.4) is 0 Å². The van der Waals surface area contributed by atoms with Gasteiger partial charge in [0.2, 0.25) is 5.95 Å². The molecule has 0 atom stereocenters. The lowest BCUT2D eigenvalue weighted by atomic mass is 10.2. The number of hydrogen-bond acceptors (Lipinski definition) is 5. The van der Waals surface area contributed by atoms with Gasteiger partial charge in [0.05, 0.1) is 12.2 Å². The molecule has 1 saturated heterocycles. The number of amides is 1. The maximum Gasteiger partial charge on any atom is 0.251 e. The van der Waals surface area contributed by atoms with Crippen molar-refractivity contribution in [3.05, 3.63) is 47.8 Å². The molecule has 0 spiro atoms. The van der Waals surface area contributed by atoms with E-state index in [1.54, 1.807) is 6.20 Å². The topological polar surface area (TPSA) is 61.4 Å². The molecule has 0 aliphatic carbocycles. The summed E-state index contributed by atoms with van der Waals surface area (Å²) in [5.41, 5.74) is 2.54. The zero-order chi connectivity index (χ0) is 16.9. The summed E-state index contributed by atoms with van der Waals surface area (Å²) in [4.78, 5) is 25.3. The van der Waals surface area contributed by atoms with E-state index in [0.717, 1.165) is 30.4 Å². The highest BCUT2D eigenvalue weighted by molar-refractivity contribution is 5.94. The lowest BCUT2D eigenvalue weighted by Crippen LogP contribution is -2.25. The standard InChI is InChI=1S/C18H23N5O/c1-22(2)16-7-5-14(6-8-16)17(24)20-13-15-9-10-19-18(21-15)23-11-3-4-12-23/h5-10H,3-4,11-13H2,1-2H3,(H,20,24). The number of hydrogen-bond donors (Lipinski definition) is 1. The van der Waals surface area contributed by atoms with E-state index in [-0.39, 0.29) is 5.91 Å². The second-order valence-electron chi connectivity index (χ2n) is 6.17. The van der Waals surface area contributed by atoms with Gasteiger partial charge in [0, 0.05) is 44.6 Å². The molecule has 126 valence electrons. The van der Waals surface area contributed by atoms with Crippen molar-refractivity contribution in [3.8, 4) is 0 Å². The number of rotatable bonds is 5. The van der Waals surface area contributed by atoms with Crippen molar-refractivity contribution in [3.63, 3.8) is 0 Å². The molecule has 1 aromatic carbocycles. The first-order valence-electron chi connectivity index (χ1n) is 8.26. The Balaban J connectivity index is 1.60. The van der Waals surface area contributed by atoms with Crippen LogP contribution in [0.1, 0.15) is 28.9 Å². The zero-order valence-electron chi connectivity index (χ0n) is 14.2. The first kappa shape index (κ1) is 16.2. The highest BCUT2D eigenvalue weighted by Gasteiger charge is 2.15. The fourth-order valence-electron chi connectivity index (χ4n) is 2.74. The summed E-state index contributed by atoms with van der Waals surface area (Å²) in [6.07, 6.45) is 4.13. The minimum atomic E-state index is -0.0957. The van der Waals surface area contributed by atoms with E-state index in [0.29, 0.717) is 12.1 Å². The SMILES string of the molecule is CN(C)c1ccc(C(=O)NCc2ccnc(N3CCCC3)n2)cc1. The largest absolute Gasteiger partial charge is 0.378 e. The van der Waals surface area contributed by atoms with Crippen LogP contribution in [0.15, 0.2) is 36.5 Å². The molecule has 3 rings (SSSR count). The number of carbonyl (C=O) groups is 1. The van der Waals surface area contributed by atoms with Crippen LogP contribution in [0, 0.1) is 0 Å². The third kappa shape index (κ3) is 3.82. The maximum absolute atomic E-state index is 12.3. The lowest BCUT2D eigenvalue weighted by Gasteiger charge is -2.15. The number of anilines is 2. The average molecular weight is 325 g/mol. The minimum Gasteiger partial charge on any atom is -0.378 e. The number of benzene rings is 1. The fraction of sp³-hybridized carbons (Fsp3) is 0.389. The van der Waals surface area contributed by atoms with Crippen LogP contribution in [-0.4, -0.2) is 43.1 Å². The van der Waals surface area contributed by atoms with E-state index in [9.17, 15) is 4.79 Å². The summed E-state index contributed by atoms with van der Waals surface area (Å²) in [5, 5.41) is 2.92. The number of aromatic nitrogens is 2. The van der Waals surface area contributed by atoms with Crippen molar-refractivity contribution < 1.29 is 4.79 Å². The molecule has 2 heterocycles. The Morgan fingerprint density at radius 2 is 1.88 bits per heavy atom. The van der Waals surface area contributed by atoms with Crippen LogP contribution in [0.4, 0.5) is 11.6 Å². The van der Waals surface area contributed by atoms with E-state index in [4.69, 9.17) is 0 Å². The normalized spacial score (nSPS) is 13.8. The van der Waals surface area contributed by atoms with Crippen molar-refractivity contribution >= 4 is 17.5 Å². The van der Waals surface area contributed by atoms with E-state index >= 15 is 0 Å². The number of carbonyl (C=O) groups excluding carboxylic acids is 1. The predicted octanol–water partition coefficient (Wildman–Crippen LogP) is 2.07. The molecule has 0 radical (unpaired) electrons. The first-order chi connectivity index (χ1) is 11.6. The molecule has 0 saturated carbocycles. The van der Waals surface area contributed by atoms with Crippen molar-refractivity contribution in [2.24, 2.45) is 0 Å². The minimum absolute atomic E-state index is 0.0957. The third-order valence-electron chi connectivity index (χ3n) is 4.17. The molecule has 6 heteroatoms. The van der Waals surface area contributed by atoms with Crippen LogP contribution in [0.2, 0.25) is 0 Å². The molecule has 1 N–H and O–H groups in total. The van der Waals surface area contributed by atoms with Gasteiger partial charge in [-0.2, -0.15) is 0 Å². The second-order valence-corrected chi connectivity index (χ2v) is 6.17. The van der Waals surface area contributed by atoms with Crippen molar-refractivity contribution in [2.45, 2.75) is 19.4 Å². The summed E-state index contributed by atoms with van der Waals surface area (Å²) in [6.45, 7) is 2.42. The van der Waals surface area contributed by atoms with Gasteiger partial charge in [0.25, 0.3) is 5.91 Å². The van der Waals surface area contributed by atoms with Crippen LogP contribution in [0.5, 0.6) is 0 Å². The number of nitrogens with zero attached hydrogens (tertiary/aromatic N) is 4. The van der Waals surface area contributed by atoms with Gasteiger partial charge in [0.1, 0.15) is 0 Å². The summed E-state index contributed by atoms with van der Waals surface area (Å²) >= 11 is 0. The Morgan fingerprint density at radius 1 is 1.17 bits per heavy atom. The van der Waals surface area contributed by atoms with E-state index in [1.807, 2.05) is 49.3 Å². The van der Waals surface area contributed by atoms with Crippen molar-refractivity contribution in [1.29, 1.82) is 0 Å². The lowest BCUT2D eigenvalue weighted by molar-refractivity contribution is 0.0950. The highest BCUT2D eigenvalue weighted by Crippen LogP contribution is 2.15. The molecule has 1 fully saturated rings. The van der Waals surface area contributed by atoms with Gasteiger partial charge < -0.3 is 15.1 Å². The van der Waals surface area contributed by atoms with E-state index < -0.39 is 0 Å². The molecule has 0 unspecified atom stereocenters. The maximum atomic E-state index is 12.3. The molecular formula is C18H23N5O. The van der Waals surface area contributed by atoms with Gasteiger partial charge in [0.15, 0.2) is 0 Å². The van der Waals surface area contributed by atoms with Crippen molar-refractivity contribution in [2.75, 3.05) is 37.0 Å². The Kier molecular flexibility index (Phi) is 4.93. The number of nitrogens with one attached hydrogen (secondary N) is 1. The first-order valence-corrected chi connectivity index (χ1v) is 8.26. The Bertz CT molecular complexity index is 693. The molecule has 6 nitrogen and oxygen atoms in total. The van der Waals surface area contributed by atoms with Gasteiger partial charge in [-0.1, -0.05) is 0 Å². The fourth-order valence-corrected chi connectivity index (χ4v) is 2.74. The summed E-state index contributed by atoms with van der Waals surface area (Å²) in [7, 11) is 3.95. The Morgan fingerprint density at radius 3 is 2.54 bits per heavy atom. The van der Waals surface area contributed by atoms with Crippen LogP contribution in [0.25, 0.3) is 0 Å². The molecule has 1 aliphatic heterocycles. The quantitative estimate of drug-likeness (QED) is 0.912. The van der Waals surface area contributed by atoms with Crippen LogP contribution >= 0.6 is 0 Å². The molecule has 0 bridgehead atoms. The van der Waals surface area contributed by atoms with Crippen molar-refractivity contribution in [1.82, 2.24) is 15.3 Å². The molecular weight excluding hydrogens is 302 g/mol. The second kappa shape index (κ2) is 7.29. The van der Waals surface area contributed by atoms with Gasteiger partial charge >= 0.3 is 0 Å². The molecule has 2 aromatic rings. The third-order valence-corrected chi connectivity index (χ3v) is 4.17. The molecule has 1 aliphatic rings. The Hall–Kier alpha value is -2.63. The predicted molar refractivity (Wildman–Crippen MR) is 95.4 cm³/mol. The molecule has 1 amide bonds. The smallest absolute Gasteiger partial charge is 0.251 e. The summed E-state index contributed by atoms with van der Waals surface area (Å²) < 4.78 is 0. The van der Waals surface area contributed by atoms with Gasteiger partial charge in [-0.05, 0) is 43.2 Å². The summed E-state index contributed by atoms with van der Waals surface area (Å²) in [6, 6.07) is 9.38. The van der Waals surface area contributed by atoms with Gasteiger partial charge in [-0.15, -0.1) is 0 Å². The van der Waals surface area contributed by atoms with Crippen LogP contribution < -0.4 is 15.1 Å². The molecule has 24 heavy (non-hydrogen) atoms. The molecule has 1 aromatic heterocycles. The van der Waals surface area contributed by atoms with Gasteiger partial charge in [-0.3, -0.25) is 4.79 Å². The van der Waals surface area contributed by atoms with Crippen LogP contribution in [-0.2, 0) is 6.54 Å². The van der Waals surface area contributed by atoms with E-state index in [1.165, 1.54) is 12.8 Å². The van der Waals surface area contributed by atoms with Gasteiger partial charge in [-0.25, -0.2) is 9.97 Å². The van der Waals surface area contributed by atoms with E-state index in [2.05, 4.69) is 20.2 Å². The monoisotopic (exact) mass is 325 g/mol. The zero-order valence-corrected chi connectivity index (χ0v) is 14.2. The Labute approximate surface area is 142 Å².